The van der Waals surface area contributed by atoms with Gasteiger partial charge in [0, 0.05) is 17.8 Å². The number of aromatic amines is 1. The lowest BCUT2D eigenvalue weighted by atomic mass is 10.3. The van der Waals surface area contributed by atoms with Crippen molar-refractivity contribution in [1.82, 2.24) is 15.0 Å². The van der Waals surface area contributed by atoms with E-state index in [0.29, 0.717) is 22.4 Å². The van der Waals surface area contributed by atoms with Gasteiger partial charge in [0.1, 0.15) is 17.4 Å². The third kappa shape index (κ3) is 1.71. The summed E-state index contributed by atoms with van der Waals surface area (Å²) in [6, 6.07) is 6.16. The molecule has 0 atom stereocenters. The summed E-state index contributed by atoms with van der Waals surface area (Å²) in [6.45, 7) is 0. The molecule has 4 nitrogen and oxygen atoms in total. The van der Waals surface area contributed by atoms with Gasteiger partial charge in [0.05, 0.1) is 17.2 Å². The van der Waals surface area contributed by atoms with Crippen molar-refractivity contribution in [3.8, 4) is 17.1 Å². The molecule has 5 heteroatoms. The second-order valence-corrected chi connectivity index (χ2v) is 3.68. The first-order valence-electron chi connectivity index (χ1n) is 5.02. The molecule has 0 saturated carbocycles. The van der Waals surface area contributed by atoms with Gasteiger partial charge in [-0.05, 0) is 18.2 Å². The number of halogens is 1. The molecule has 0 bridgehead atoms. The monoisotopic (exact) mass is 229 g/mol. The second kappa shape index (κ2) is 3.55. The van der Waals surface area contributed by atoms with Crippen molar-refractivity contribution >= 4 is 11.0 Å². The van der Waals surface area contributed by atoms with Gasteiger partial charge >= 0.3 is 0 Å². The summed E-state index contributed by atoms with van der Waals surface area (Å²) in [7, 11) is 0. The Labute approximate surface area is 95.8 Å². The first-order valence-corrected chi connectivity index (χ1v) is 5.02. The maximum absolute atomic E-state index is 13.0. The fourth-order valence-corrected chi connectivity index (χ4v) is 1.68. The van der Waals surface area contributed by atoms with Crippen molar-refractivity contribution in [2.75, 3.05) is 0 Å². The van der Waals surface area contributed by atoms with E-state index < -0.39 is 5.82 Å². The fourth-order valence-electron chi connectivity index (χ4n) is 1.68. The van der Waals surface area contributed by atoms with Crippen molar-refractivity contribution in [2.24, 2.45) is 0 Å². The second-order valence-electron chi connectivity index (χ2n) is 3.68. The molecule has 0 spiro atoms. The molecule has 0 aliphatic rings. The van der Waals surface area contributed by atoms with Gasteiger partial charge in [0.25, 0.3) is 0 Å². The van der Waals surface area contributed by atoms with Crippen LogP contribution in [0.5, 0.6) is 5.75 Å². The smallest absolute Gasteiger partial charge is 0.142 e. The normalized spacial score (nSPS) is 10.9. The van der Waals surface area contributed by atoms with E-state index >= 15 is 0 Å². The van der Waals surface area contributed by atoms with Crippen LogP contribution in [-0.2, 0) is 0 Å². The molecule has 17 heavy (non-hydrogen) atoms. The van der Waals surface area contributed by atoms with Crippen molar-refractivity contribution in [2.45, 2.75) is 0 Å². The summed E-state index contributed by atoms with van der Waals surface area (Å²) >= 11 is 0. The van der Waals surface area contributed by atoms with Crippen LogP contribution >= 0.6 is 0 Å². The number of aromatic nitrogens is 3. The average Bonchev–Trinajstić information content (AvgIpc) is 2.72. The summed E-state index contributed by atoms with van der Waals surface area (Å²) in [5, 5.41) is 9.33. The van der Waals surface area contributed by atoms with Crippen LogP contribution in [0.1, 0.15) is 0 Å². The number of H-pyrrole nitrogens is 1. The lowest BCUT2D eigenvalue weighted by molar-refractivity contribution is 0.476. The van der Waals surface area contributed by atoms with Gasteiger partial charge in [-0.25, -0.2) is 9.37 Å². The van der Waals surface area contributed by atoms with Gasteiger partial charge in [-0.2, -0.15) is 0 Å². The number of rotatable bonds is 1. The highest BCUT2D eigenvalue weighted by molar-refractivity contribution is 5.80. The number of pyridine rings is 1. The van der Waals surface area contributed by atoms with E-state index in [9.17, 15) is 9.50 Å². The molecule has 3 rings (SSSR count). The average molecular weight is 229 g/mol. The summed E-state index contributed by atoms with van der Waals surface area (Å²) in [4.78, 5) is 11.1. The Bertz CT molecular complexity index is 693. The van der Waals surface area contributed by atoms with Crippen molar-refractivity contribution in [1.29, 1.82) is 0 Å². The number of imidazole rings is 1. The number of fused-ring (bicyclic) bond motifs is 1. The number of hydrogen-bond donors (Lipinski definition) is 2. The van der Waals surface area contributed by atoms with Gasteiger partial charge in [-0.3, -0.25) is 4.98 Å². The number of aromatic hydroxyl groups is 1. The quantitative estimate of drug-likeness (QED) is 0.673. The Morgan fingerprint density at radius 3 is 2.88 bits per heavy atom. The molecule has 0 aliphatic heterocycles. The number of benzene rings is 1. The molecule has 2 N–H and O–H groups in total. The molecular weight excluding hydrogens is 221 g/mol. The Balaban J connectivity index is 2.18. The predicted octanol–water partition coefficient (Wildman–Crippen LogP) is 2.47. The van der Waals surface area contributed by atoms with Crippen LogP contribution in [-0.4, -0.2) is 20.1 Å². The van der Waals surface area contributed by atoms with E-state index in [1.807, 2.05) is 0 Å². The highest BCUT2D eigenvalue weighted by atomic mass is 19.1. The zero-order valence-corrected chi connectivity index (χ0v) is 8.68. The third-order valence-corrected chi connectivity index (χ3v) is 2.44. The molecule has 0 fully saturated rings. The minimum absolute atomic E-state index is 0.157. The molecule has 0 aliphatic carbocycles. The first-order chi connectivity index (χ1) is 8.22. The zero-order valence-electron chi connectivity index (χ0n) is 8.68. The predicted molar refractivity (Wildman–Crippen MR) is 60.9 cm³/mol. The van der Waals surface area contributed by atoms with E-state index in [0.717, 1.165) is 6.20 Å². The van der Waals surface area contributed by atoms with E-state index in [1.165, 1.54) is 12.3 Å². The van der Waals surface area contributed by atoms with Crippen LogP contribution < -0.4 is 0 Å². The summed E-state index contributed by atoms with van der Waals surface area (Å²) in [5.41, 5.74) is 1.98. The topological polar surface area (TPSA) is 61.8 Å². The lowest BCUT2D eigenvalue weighted by Crippen LogP contribution is -1.84. The highest BCUT2D eigenvalue weighted by Crippen LogP contribution is 2.22. The molecule has 0 unspecified atom stereocenters. The highest BCUT2D eigenvalue weighted by Gasteiger charge is 2.06. The molecule has 2 heterocycles. The maximum atomic E-state index is 13.0. The Morgan fingerprint density at radius 1 is 1.18 bits per heavy atom. The molecule has 1 aromatic carbocycles. The maximum Gasteiger partial charge on any atom is 0.142 e. The lowest BCUT2D eigenvalue weighted by Gasteiger charge is -1.94. The van der Waals surface area contributed by atoms with Gasteiger partial charge < -0.3 is 10.1 Å². The van der Waals surface area contributed by atoms with E-state index in [2.05, 4.69) is 15.0 Å². The zero-order chi connectivity index (χ0) is 11.8. The minimum Gasteiger partial charge on any atom is -0.508 e. The van der Waals surface area contributed by atoms with Crippen LogP contribution in [0.25, 0.3) is 22.4 Å². The minimum atomic E-state index is -0.411. The SMILES string of the molecule is Oc1ccc2nc(-c3cncc(F)c3)[nH]c2c1. The van der Waals surface area contributed by atoms with E-state index in [4.69, 9.17) is 0 Å². The third-order valence-electron chi connectivity index (χ3n) is 2.44. The Morgan fingerprint density at radius 2 is 2.06 bits per heavy atom. The summed E-state index contributed by atoms with van der Waals surface area (Å²) in [6.07, 6.45) is 2.67. The fraction of sp³-hybridized carbons (Fsp3) is 0. The largest absolute Gasteiger partial charge is 0.508 e. The van der Waals surface area contributed by atoms with Gasteiger partial charge in [-0.15, -0.1) is 0 Å². The van der Waals surface area contributed by atoms with E-state index in [-0.39, 0.29) is 5.75 Å². The molecule has 2 aromatic heterocycles. The van der Waals surface area contributed by atoms with Gasteiger partial charge in [0.15, 0.2) is 0 Å². The first kappa shape index (κ1) is 9.77. The Kier molecular flexibility index (Phi) is 2.04. The van der Waals surface area contributed by atoms with E-state index in [1.54, 1.807) is 18.2 Å². The van der Waals surface area contributed by atoms with Crippen LogP contribution in [0, 0.1) is 5.82 Å². The number of phenolic OH excluding ortho intramolecular Hbond substituents is 1. The van der Waals surface area contributed by atoms with Crippen molar-refractivity contribution < 1.29 is 9.50 Å². The van der Waals surface area contributed by atoms with Gasteiger partial charge in [0.2, 0.25) is 0 Å². The molecule has 3 aromatic rings. The summed E-state index contributed by atoms with van der Waals surface area (Å²) in [5.74, 6) is 0.272. The standard InChI is InChI=1S/C12H8FN3O/c13-8-3-7(5-14-6-8)12-15-10-2-1-9(17)4-11(10)16-12/h1-6,17H,(H,15,16). The number of nitrogens with one attached hydrogen (secondary N) is 1. The van der Waals surface area contributed by atoms with Crippen molar-refractivity contribution in [3.63, 3.8) is 0 Å². The van der Waals surface area contributed by atoms with Crippen LogP contribution in [0.2, 0.25) is 0 Å². The van der Waals surface area contributed by atoms with Gasteiger partial charge in [-0.1, -0.05) is 0 Å². The molecule has 84 valence electrons. The number of hydrogen-bond acceptors (Lipinski definition) is 3. The molecular formula is C12H8FN3O. The van der Waals surface area contributed by atoms with Crippen molar-refractivity contribution in [3.05, 3.63) is 42.5 Å². The molecule has 0 saturated heterocycles. The number of phenols is 1. The molecule has 0 radical (unpaired) electrons. The van der Waals surface area contributed by atoms with Crippen LogP contribution in [0.3, 0.4) is 0 Å². The van der Waals surface area contributed by atoms with Crippen LogP contribution in [0.4, 0.5) is 4.39 Å². The summed E-state index contributed by atoms with van der Waals surface area (Å²) < 4.78 is 13.0. The molecule has 0 amide bonds. The Hall–Kier alpha value is -2.43. The number of nitrogens with zero attached hydrogens (tertiary/aromatic N) is 2. The van der Waals surface area contributed by atoms with Crippen LogP contribution in [0.15, 0.2) is 36.7 Å².